The maximum absolute atomic E-state index is 12.3. The number of aryl methyl sites for hydroxylation is 1. The predicted octanol–water partition coefficient (Wildman–Crippen LogP) is 3.79. The van der Waals surface area contributed by atoms with Gasteiger partial charge in [-0.3, -0.25) is 4.79 Å². The van der Waals surface area contributed by atoms with Crippen LogP contribution in [0.5, 0.6) is 0 Å². The van der Waals surface area contributed by atoms with Gasteiger partial charge in [-0.1, -0.05) is 23.8 Å². The van der Waals surface area contributed by atoms with Crippen molar-refractivity contribution in [2.75, 3.05) is 10.6 Å². The number of aromatic nitrogens is 1. The standard InChI is InChI=1S/C16H13N3O/c1-9-6-7-11-10(8-9)14-15(17-11)16(20)19-13-5-3-2-4-12(13)18-14/h2-8,17-18H,1H3,(H,19,20). The maximum Gasteiger partial charge on any atom is 0.274 e. The molecular weight excluding hydrogens is 250 g/mol. The third-order valence-corrected chi connectivity index (χ3v) is 3.62. The second-order valence-corrected chi connectivity index (χ2v) is 5.05. The third-order valence-electron chi connectivity index (χ3n) is 3.62. The molecule has 98 valence electrons. The molecule has 3 N–H and O–H groups in total. The van der Waals surface area contributed by atoms with E-state index in [-0.39, 0.29) is 5.91 Å². The summed E-state index contributed by atoms with van der Waals surface area (Å²) in [6, 6.07) is 13.8. The highest BCUT2D eigenvalue weighted by Crippen LogP contribution is 2.36. The van der Waals surface area contributed by atoms with Crippen LogP contribution < -0.4 is 10.6 Å². The second-order valence-electron chi connectivity index (χ2n) is 5.05. The lowest BCUT2D eigenvalue weighted by Gasteiger charge is -2.07. The van der Waals surface area contributed by atoms with Crippen LogP contribution in [0.4, 0.5) is 17.1 Å². The second kappa shape index (κ2) is 3.87. The van der Waals surface area contributed by atoms with Crippen molar-refractivity contribution in [3.05, 3.63) is 53.7 Å². The molecule has 0 atom stereocenters. The Morgan fingerprint density at radius 1 is 0.950 bits per heavy atom. The molecule has 4 rings (SSSR count). The predicted molar refractivity (Wildman–Crippen MR) is 80.7 cm³/mol. The molecular formula is C16H13N3O. The van der Waals surface area contributed by atoms with Crippen molar-refractivity contribution in [1.29, 1.82) is 0 Å². The van der Waals surface area contributed by atoms with Crippen molar-refractivity contribution >= 4 is 33.9 Å². The Bertz CT molecular complexity index is 848. The Hall–Kier alpha value is -2.75. The molecule has 0 aliphatic carbocycles. The largest absolute Gasteiger partial charge is 0.351 e. The van der Waals surface area contributed by atoms with Crippen molar-refractivity contribution in [3.63, 3.8) is 0 Å². The molecule has 1 amide bonds. The number of aromatic amines is 1. The molecule has 1 aliphatic heterocycles. The van der Waals surface area contributed by atoms with Gasteiger partial charge in [0, 0.05) is 10.9 Å². The average molecular weight is 263 g/mol. The molecule has 0 saturated heterocycles. The Labute approximate surface area is 115 Å². The fraction of sp³-hybridized carbons (Fsp3) is 0.0625. The zero-order valence-electron chi connectivity index (χ0n) is 10.9. The first-order valence-electron chi connectivity index (χ1n) is 6.52. The number of para-hydroxylation sites is 2. The lowest BCUT2D eigenvalue weighted by atomic mass is 10.1. The number of hydrogen-bond donors (Lipinski definition) is 3. The molecule has 0 unspecified atom stereocenters. The molecule has 0 saturated carbocycles. The molecule has 20 heavy (non-hydrogen) atoms. The van der Waals surface area contributed by atoms with E-state index in [4.69, 9.17) is 0 Å². The highest BCUT2D eigenvalue weighted by Gasteiger charge is 2.22. The summed E-state index contributed by atoms with van der Waals surface area (Å²) < 4.78 is 0. The number of hydrogen-bond acceptors (Lipinski definition) is 2. The van der Waals surface area contributed by atoms with Gasteiger partial charge in [0.05, 0.1) is 17.1 Å². The molecule has 2 aromatic carbocycles. The van der Waals surface area contributed by atoms with Crippen LogP contribution in [0.2, 0.25) is 0 Å². The van der Waals surface area contributed by atoms with Crippen LogP contribution in [0, 0.1) is 6.92 Å². The van der Waals surface area contributed by atoms with E-state index in [2.05, 4.69) is 21.7 Å². The summed E-state index contributed by atoms with van der Waals surface area (Å²) in [5, 5.41) is 7.32. The first-order valence-corrected chi connectivity index (χ1v) is 6.52. The number of amides is 1. The van der Waals surface area contributed by atoms with Crippen LogP contribution >= 0.6 is 0 Å². The van der Waals surface area contributed by atoms with Crippen molar-refractivity contribution in [2.24, 2.45) is 0 Å². The third kappa shape index (κ3) is 1.51. The number of nitrogens with one attached hydrogen (secondary N) is 3. The van der Waals surface area contributed by atoms with E-state index >= 15 is 0 Å². The summed E-state index contributed by atoms with van der Waals surface area (Å²) in [5.74, 6) is -0.119. The van der Waals surface area contributed by atoms with E-state index in [1.165, 1.54) is 5.56 Å². The van der Waals surface area contributed by atoms with Gasteiger partial charge in [0.25, 0.3) is 5.91 Å². The summed E-state index contributed by atoms with van der Waals surface area (Å²) in [4.78, 5) is 15.5. The number of anilines is 3. The molecule has 1 aromatic heterocycles. The summed E-state index contributed by atoms with van der Waals surface area (Å²) in [7, 11) is 0. The average Bonchev–Trinajstić information content (AvgIpc) is 2.72. The first-order chi connectivity index (χ1) is 9.72. The first kappa shape index (κ1) is 11.1. The number of H-pyrrole nitrogens is 1. The summed E-state index contributed by atoms with van der Waals surface area (Å²) >= 11 is 0. The van der Waals surface area contributed by atoms with Crippen LogP contribution in [0.3, 0.4) is 0 Å². The van der Waals surface area contributed by atoms with Crippen molar-refractivity contribution in [3.8, 4) is 0 Å². The van der Waals surface area contributed by atoms with Gasteiger partial charge >= 0.3 is 0 Å². The van der Waals surface area contributed by atoms with Crippen molar-refractivity contribution in [1.82, 2.24) is 4.98 Å². The Balaban J connectivity index is 2.01. The lowest BCUT2D eigenvalue weighted by molar-refractivity contribution is 0.102. The van der Waals surface area contributed by atoms with Gasteiger partial charge < -0.3 is 15.6 Å². The van der Waals surface area contributed by atoms with E-state index in [1.54, 1.807) is 0 Å². The normalized spacial score (nSPS) is 13.2. The van der Waals surface area contributed by atoms with Crippen LogP contribution in [0.25, 0.3) is 10.9 Å². The van der Waals surface area contributed by atoms with Crippen molar-refractivity contribution < 1.29 is 4.79 Å². The number of benzene rings is 2. The highest BCUT2D eigenvalue weighted by molar-refractivity contribution is 6.16. The number of carbonyl (C=O) groups excluding carboxylic acids is 1. The van der Waals surface area contributed by atoms with Crippen LogP contribution in [-0.2, 0) is 0 Å². The minimum absolute atomic E-state index is 0.119. The minimum atomic E-state index is -0.119. The van der Waals surface area contributed by atoms with E-state index in [9.17, 15) is 4.79 Å². The van der Waals surface area contributed by atoms with Gasteiger partial charge in [0.2, 0.25) is 0 Å². The molecule has 1 aliphatic rings. The molecule has 0 radical (unpaired) electrons. The van der Waals surface area contributed by atoms with E-state index in [0.717, 1.165) is 28.0 Å². The maximum atomic E-state index is 12.3. The zero-order valence-corrected chi connectivity index (χ0v) is 10.9. The molecule has 0 fully saturated rings. The smallest absolute Gasteiger partial charge is 0.274 e. The molecule has 2 heterocycles. The van der Waals surface area contributed by atoms with E-state index < -0.39 is 0 Å². The molecule has 3 aromatic rings. The van der Waals surface area contributed by atoms with Gasteiger partial charge in [0.15, 0.2) is 0 Å². The van der Waals surface area contributed by atoms with E-state index in [1.807, 2.05) is 43.3 Å². The molecule has 0 bridgehead atoms. The summed E-state index contributed by atoms with van der Waals surface area (Å²) in [6.45, 7) is 2.05. The van der Waals surface area contributed by atoms with Crippen LogP contribution in [0.15, 0.2) is 42.5 Å². The van der Waals surface area contributed by atoms with Crippen molar-refractivity contribution in [2.45, 2.75) is 6.92 Å². The highest BCUT2D eigenvalue weighted by atomic mass is 16.1. The molecule has 4 heteroatoms. The quantitative estimate of drug-likeness (QED) is 0.578. The molecule has 4 nitrogen and oxygen atoms in total. The fourth-order valence-electron chi connectivity index (χ4n) is 2.63. The summed E-state index contributed by atoms with van der Waals surface area (Å²) in [6.07, 6.45) is 0. The van der Waals surface area contributed by atoms with Gasteiger partial charge in [-0.2, -0.15) is 0 Å². The Morgan fingerprint density at radius 3 is 2.50 bits per heavy atom. The fourth-order valence-corrected chi connectivity index (χ4v) is 2.63. The van der Waals surface area contributed by atoms with Gasteiger partial charge in [-0.25, -0.2) is 0 Å². The van der Waals surface area contributed by atoms with Gasteiger partial charge in [-0.15, -0.1) is 0 Å². The monoisotopic (exact) mass is 263 g/mol. The number of carbonyl (C=O) groups is 1. The topological polar surface area (TPSA) is 56.9 Å². The van der Waals surface area contributed by atoms with Gasteiger partial charge in [0.1, 0.15) is 5.69 Å². The Morgan fingerprint density at radius 2 is 1.70 bits per heavy atom. The number of rotatable bonds is 0. The van der Waals surface area contributed by atoms with Crippen LogP contribution in [0.1, 0.15) is 16.1 Å². The zero-order chi connectivity index (χ0) is 13.7. The SMILES string of the molecule is Cc1ccc2[nH]c3c(c2c1)Nc1ccccc1NC3=O. The molecule has 0 spiro atoms. The van der Waals surface area contributed by atoms with Gasteiger partial charge in [-0.05, 0) is 31.2 Å². The van der Waals surface area contributed by atoms with Crippen LogP contribution in [-0.4, -0.2) is 10.9 Å². The lowest BCUT2D eigenvalue weighted by Crippen LogP contribution is -2.10. The number of fused-ring (bicyclic) bond motifs is 4. The summed E-state index contributed by atoms with van der Waals surface area (Å²) in [5.41, 5.74) is 5.24. The van der Waals surface area contributed by atoms with E-state index in [0.29, 0.717) is 5.69 Å². The minimum Gasteiger partial charge on any atom is -0.351 e. The Kier molecular flexibility index (Phi) is 2.15.